The van der Waals surface area contributed by atoms with Crippen LogP contribution in [-0.2, 0) is 16.7 Å². The number of aryl methyl sites for hydroxylation is 1. The molecule has 3 heteroatoms. The Morgan fingerprint density at radius 1 is 1.03 bits per heavy atom. The van der Waals surface area contributed by atoms with Crippen molar-refractivity contribution in [2.24, 2.45) is 5.92 Å². The van der Waals surface area contributed by atoms with E-state index in [-0.39, 0.29) is 11.5 Å². The highest BCUT2D eigenvalue weighted by atomic mass is 16.5. The van der Waals surface area contributed by atoms with Crippen LogP contribution in [0.25, 0.3) is 0 Å². The van der Waals surface area contributed by atoms with Crippen LogP contribution >= 0.6 is 0 Å². The summed E-state index contributed by atoms with van der Waals surface area (Å²) in [6.45, 7) is 13.6. The highest BCUT2D eigenvalue weighted by Crippen LogP contribution is 2.41. The summed E-state index contributed by atoms with van der Waals surface area (Å²) in [7, 11) is 0. The van der Waals surface area contributed by atoms with Crippen molar-refractivity contribution in [2.45, 2.75) is 78.0 Å². The molecule has 1 N–H and O–H groups in total. The van der Waals surface area contributed by atoms with Gasteiger partial charge in [-0.1, -0.05) is 55.8 Å². The van der Waals surface area contributed by atoms with Gasteiger partial charge in [0.15, 0.2) is 0 Å². The lowest BCUT2D eigenvalue weighted by atomic mass is 9.68. The minimum atomic E-state index is 0.197. The van der Waals surface area contributed by atoms with E-state index in [1.165, 1.54) is 16.7 Å². The van der Waals surface area contributed by atoms with Crippen molar-refractivity contribution >= 4 is 0 Å². The molecule has 2 atom stereocenters. The van der Waals surface area contributed by atoms with Crippen LogP contribution < -0.4 is 10.1 Å². The minimum absolute atomic E-state index is 0.197. The summed E-state index contributed by atoms with van der Waals surface area (Å²) in [4.78, 5) is 0. The molecule has 2 aromatic rings. The Morgan fingerprint density at radius 2 is 1.73 bits per heavy atom. The molecule has 0 radical (unpaired) electrons. The van der Waals surface area contributed by atoms with Crippen molar-refractivity contribution in [2.75, 3.05) is 13.2 Å². The standard InChI is InChI=1S/C27H39NO2/c1-20(2)26-18-27(15-17-29-26,24-10-6-22(5)7-11-24)14-16-28-19-23-8-12-25(13-9-23)30-21(3)4/h6-13,20-21,26,28H,14-19H2,1-5H3/t26-,27-/m0/s1. The van der Waals surface area contributed by atoms with E-state index in [0.29, 0.717) is 12.0 Å². The molecule has 0 spiro atoms. The maximum Gasteiger partial charge on any atom is 0.119 e. The smallest absolute Gasteiger partial charge is 0.119 e. The zero-order valence-electron chi connectivity index (χ0n) is 19.4. The van der Waals surface area contributed by atoms with Gasteiger partial charge in [0, 0.05) is 18.6 Å². The fraction of sp³-hybridized carbons (Fsp3) is 0.556. The molecule has 1 aliphatic heterocycles. The summed E-state index contributed by atoms with van der Waals surface area (Å²) in [5.74, 6) is 1.49. The van der Waals surface area contributed by atoms with Gasteiger partial charge < -0.3 is 14.8 Å². The summed E-state index contributed by atoms with van der Waals surface area (Å²) in [6.07, 6.45) is 3.89. The Kier molecular flexibility index (Phi) is 7.96. The molecule has 0 aromatic heterocycles. The molecule has 1 heterocycles. The molecular weight excluding hydrogens is 370 g/mol. The van der Waals surface area contributed by atoms with Crippen LogP contribution in [0.5, 0.6) is 5.75 Å². The molecule has 1 aliphatic rings. The van der Waals surface area contributed by atoms with Gasteiger partial charge in [0.1, 0.15) is 5.75 Å². The van der Waals surface area contributed by atoms with Crippen molar-refractivity contribution in [3.8, 4) is 5.75 Å². The van der Waals surface area contributed by atoms with Crippen LogP contribution in [0.3, 0.4) is 0 Å². The lowest BCUT2D eigenvalue weighted by Crippen LogP contribution is -2.42. The van der Waals surface area contributed by atoms with E-state index >= 15 is 0 Å². The average Bonchev–Trinajstić information content (AvgIpc) is 2.72. The molecule has 0 amide bonds. The van der Waals surface area contributed by atoms with Gasteiger partial charge in [-0.3, -0.25) is 0 Å². The van der Waals surface area contributed by atoms with Crippen LogP contribution in [0.15, 0.2) is 48.5 Å². The number of hydrogen-bond acceptors (Lipinski definition) is 3. The molecule has 3 nitrogen and oxygen atoms in total. The van der Waals surface area contributed by atoms with Gasteiger partial charge in [0.05, 0.1) is 12.2 Å². The quantitative estimate of drug-likeness (QED) is 0.513. The molecule has 0 unspecified atom stereocenters. The first-order valence-electron chi connectivity index (χ1n) is 11.5. The van der Waals surface area contributed by atoms with Crippen LogP contribution in [-0.4, -0.2) is 25.4 Å². The van der Waals surface area contributed by atoms with E-state index in [1.807, 2.05) is 0 Å². The van der Waals surface area contributed by atoms with Crippen molar-refractivity contribution in [1.82, 2.24) is 5.32 Å². The molecular formula is C27H39NO2. The molecule has 0 aliphatic carbocycles. The monoisotopic (exact) mass is 409 g/mol. The molecule has 1 fully saturated rings. The van der Waals surface area contributed by atoms with Gasteiger partial charge in [-0.25, -0.2) is 0 Å². The van der Waals surface area contributed by atoms with Gasteiger partial charge in [0.2, 0.25) is 0 Å². The van der Waals surface area contributed by atoms with Crippen molar-refractivity contribution < 1.29 is 9.47 Å². The van der Waals surface area contributed by atoms with E-state index in [1.54, 1.807) is 0 Å². The Hall–Kier alpha value is -1.84. The largest absolute Gasteiger partial charge is 0.491 e. The van der Waals surface area contributed by atoms with E-state index in [2.05, 4.69) is 88.5 Å². The highest BCUT2D eigenvalue weighted by Gasteiger charge is 2.39. The third kappa shape index (κ3) is 6.09. The minimum Gasteiger partial charge on any atom is -0.491 e. The number of rotatable bonds is 9. The summed E-state index contributed by atoms with van der Waals surface area (Å²) < 4.78 is 11.9. The third-order valence-corrected chi connectivity index (χ3v) is 6.32. The lowest BCUT2D eigenvalue weighted by Gasteiger charge is -2.43. The fourth-order valence-electron chi connectivity index (χ4n) is 4.44. The normalized spacial score (nSPS) is 21.9. The van der Waals surface area contributed by atoms with E-state index in [0.717, 1.165) is 44.7 Å². The Balaban J connectivity index is 1.62. The van der Waals surface area contributed by atoms with Crippen LogP contribution in [0.4, 0.5) is 0 Å². The topological polar surface area (TPSA) is 30.5 Å². The lowest BCUT2D eigenvalue weighted by molar-refractivity contribution is -0.0469. The molecule has 2 aromatic carbocycles. The fourth-order valence-corrected chi connectivity index (χ4v) is 4.44. The molecule has 164 valence electrons. The number of hydrogen-bond donors (Lipinski definition) is 1. The first-order valence-corrected chi connectivity index (χ1v) is 11.5. The maximum absolute atomic E-state index is 6.12. The van der Waals surface area contributed by atoms with Crippen LogP contribution in [0.2, 0.25) is 0 Å². The van der Waals surface area contributed by atoms with Crippen LogP contribution in [0, 0.1) is 12.8 Å². The van der Waals surface area contributed by atoms with Gasteiger partial charge in [-0.05, 0) is 75.8 Å². The van der Waals surface area contributed by atoms with Gasteiger partial charge >= 0.3 is 0 Å². The zero-order chi connectivity index (χ0) is 21.6. The van der Waals surface area contributed by atoms with Crippen molar-refractivity contribution in [3.05, 3.63) is 65.2 Å². The average molecular weight is 410 g/mol. The number of ether oxygens (including phenoxy) is 2. The first kappa shape index (κ1) is 22.8. The molecule has 30 heavy (non-hydrogen) atoms. The maximum atomic E-state index is 6.12. The molecule has 3 rings (SSSR count). The third-order valence-electron chi connectivity index (χ3n) is 6.32. The summed E-state index contributed by atoms with van der Waals surface area (Å²) in [6, 6.07) is 17.6. The van der Waals surface area contributed by atoms with Gasteiger partial charge in [-0.15, -0.1) is 0 Å². The summed E-state index contributed by atoms with van der Waals surface area (Å²) in [5.41, 5.74) is 4.29. The van der Waals surface area contributed by atoms with Gasteiger partial charge in [0.25, 0.3) is 0 Å². The van der Waals surface area contributed by atoms with E-state index in [4.69, 9.17) is 9.47 Å². The van der Waals surface area contributed by atoms with Gasteiger partial charge in [-0.2, -0.15) is 0 Å². The second kappa shape index (κ2) is 10.5. The van der Waals surface area contributed by atoms with Crippen molar-refractivity contribution in [3.63, 3.8) is 0 Å². The highest BCUT2D eigenvalue weighted by molar-refractivity contribution is 5.30. The Morgan fingerprint density at radius 3 is 2.37 bits per heavy atom. The van der Waals surface area contributed by atoms with E-state index in [9.17, 15) is 0 Å². The number of benzene rings is 2. The Labute approximate surface area is 183 Å². The van der Waals surface area contributed by atoms with Crippen LogP contribution in [0.1, 0.15) is 63.6 Å². The second-order valence-electron chi connectivity index (χ2n) is 9.49. The summed E-state index contributed by atoms with van der Waals surface area (Å²) in [5, 5.41) is 3.68. The number of nitrogens with one attached hydrogen (secondary N) is 1. The first-order chi connectivity index (χ1) is 14.4. The second-order valence-corrected chi connectivity index (χ2v) is 9.49. The molecule has 1 saturated heterocycles. The zero-order valence-corrected chi connectivity index (χ0v) is 19.4. The Bertz CT molecular complexity index is 766. The predicted octanol–water partition coefficient (Wildman–Crippen LogP) is 6.03. The summed E-state index contributed by atoms with van der Waals surface area (Å²) >= 11 is 0. The predicted molar refractivity (Wildman–Crippen MR) is 125 cm³/mol. The van der Waals surface area contributed by atoms with Crippen molar-refractivity contribution in [1.29, 1.82) is 0 Å². The SMILES string of the molecule is Cc1ccc([C@@]2(CCNCc3ccc(OC(C)C)cc3)CCO[C@H](C(C)C)C2)cc1. The molecule has 0 saturated carbocycles. The molecule has 0 bridgehead atoms. The van der Waals surface area contributed by atoms with E-state index < -0.39 is 0 Å².